The molecule has 0 aliphatic heterocycles. The van der Waals surface area contributed by atoms with Crippen LogP contribution in [0.1, 0.15) is 33.3 Å². The van der Waals surface area contributed by atoms with Crippen molar-refractivity contribution in [2.75, 3.05) is 0 Å². The van der Waals surface area contributed by atoms with Crippen LogP contribution in [0, 0.1) is 6.92 Å². The summed E-state index contributed by atoms with van der Waals surface area (Å²) in [7, 11) is 0. The second-order valence-electron chi connectivity index (χ2n) is 5.21. The lowest BCUT2D eigenvalue weighted by molar-refractivity contribution is -0.257. The zero-order chi connectivity index (χ0) is 17.1. The van der Waals surface area contributed by atoms with Crippen molar-refractivity contribution in [1.29, 1.82) is 0 Å². The molecule has 2 heterocycles. The van der Waals surface area contributed by atoms with E-state index in [2.05, 4.69) is 5.16 Å². The molecule has 7 heteroatoms. The summed E-state index contributed by atoms with van der Waals surface area (Å²) in [6.07, 6.45) is 0.332. The van der Waals surface area contributed by atoms with Gasteiger partial charge in [0, 0.05) is 23.1 Å². The summed E-state index contributed by atoms with van der Waals surface area (Å²) in [5, 5.41) is 15.1. The third kappa shape index (κ3) is 3.78. The van der Waals surface area contributed by atoms with Gasteiger partial charge in [-0.3, -0.25) is 0 Å². The Balaban J connectivity index is 1.78. The molecule has 0 bridgehead atoms. The summed E-state index contributed by atoms with van der Waals surface area (Å²) in [4.78, 5) is 10.8. The molecule has 24 heavy (non-hydrogen) atoms. The van der Waals surface area contributed by atoms with Gasteiger partial charge in [-0.2, -0.15) is 0 Å². The molecule has 1 aromatic carbocycles. The van der Waals surface area contributed by atoms with Crippen molar-refractivity contribution < 1.29 is 23.6 Å². The highest BCUT2D eigenvalue weighted by atomic mass is 35.5. The Morgan fingerprint density at radius 2 is 2.08 bits per heavy atom. The van der Waals surface area contributed by atoms with Crippen molar-refractivity contribution in [2.24, 2.45) is 0 Å². The topological polar surface area (TPSA) is 88.5 Å². The quantitative estimate of drug-likeness (QED) is 0.682. The number of hydrogen-bond donors (Lipinski definition) is 0. The van der Waals surface area contributed by atoms with E-state index in [0.29, 0.717) is 28.7 Å². The minimum atomic E-state index is -1.36. The molecule has 124 valence electrons. The zero-order valence-electron chi connectivity index (χ0n) is 12.7. The van der Waals surface area contributed by atoms with Crippen LogP contribution >= 0.6 is 11.6 Å². The van der Waals surface area contributed by atoms with Gasteiger partial charge in [0.2, 0.25) is 0 Å². The molecule has 3 rings (SSSR count). The van der Waals surface area contributed by atoms with Crippen LogP contribution in [0.2, 0.25) is 5.02 Å². The van der Waals surface area contributed by atoms with Gasteiger partial charge in [-0.1, -0.05) is 16.8 Å². The van der Waals surface area contributed by atoms with Crippen LogP contribution in [-0.4, -0.2) is 11.1 Å². The van der Waals surface area contributed by atoms with Gasteiger partial charge in [-0.05, 0) is 37.3 Å². The lowest BCUT2D eigenvalue weighted by Gasteiger charge is -2.10. The molecule has 0 aliphatic rings. The molecule has 0 saturated carbocycles. The summed E-state index contributed by atoms with van der Waals surface area (Å²) in [6.45, 7) is 2.05. The predicted molar refractivity (Wildman–Crippen MR) is 82.9 cm³/mol. The van der Waals surface area contributed by atoms with Crippen molar-refractivity contribution in [3.8, 4) is 5.75 Å². The number of carbonyl (C=O) groups excluding carboxylic acids is 1. The second kappa shape index (κ2) is 6.80. The monoisotopic (exact) mass is 346 g/mol. The number of aromatic carboxylic acids is 1. The van der Waals surface area contributed by atoms with Crippen molar-refractivity contribution >= 4 is 17.6 Å². The number of halogens is 1. The molecule has 0 spiro atoms. The van der Waals surface area contributed by atoms with Gasteiger partial charge in [-0.25, -0.2) is 0 Å². The molecule has 0 fully saturated rings. The van der Waals surface area contributed by atoms with E-state index in [1.165, 1.54) is 6.07 Å². The molecule has 0 N–H and O–H groups in total. The smallest absolute Gasteiger partial charge is 0.174 e. The number of aromatic nitrogens is 1. The summed E-state index contributed by atoms with van der Waals surface area (Å²) in [5.74, 6) is 0.0958. The molecule has 0 radical (unpaired) electrons. The Hall–Kier alpha value is -2.73. The van der Waals surface area contributed by atoms with Crippen LogP contribution in [0.25, 0.3) is 0 Å². The first kappa shape index (κ1) is 16.1. The van der Waals surface area contributed by atoms with Crippen molar-refractivity contribution in [3.05, 3.63) is 70.0 Å². The van der Waals surface area contributed by atoms with Crippen LogP contribution in [-0.2, 0) is 13.0 Å². The van der Waals surface area contributed by atoms with Crippen LogP contribution in [0.3, 0.4) is 0 Å². The Morgan fingerprint density at radius 1 is 1.25 bits per heavy atom. The minimum absolute atomic E-state index is 0.216. The van der Waals surface area contributed by atoms with Gasteiger partial charge >= 0.3 is 0 Å². The van der Waals surface area contributed by atoms with E-state index in [-0.39, 0.29) is 12.4 Å². The number of hydrogen-bond acceptors (Lipinski definition) is 6. The second-order valence-corrected chi connectivity index (χ2v) is 5.64. The highest BCUT2D eigenvalue weighted by Crippen LogP contribution is 2.27. The Labute approximate surface area is 142 Å². The fourth-order valence-electron chi connectivity index (χ4n) is 2.23. The average Bonchev–Trinajstić information content (AvgIpc) is 3.16. The lowest BCUT2D eigenvalue weighted by Crippen LogP contribution is -2.21. The number of aryl methyl sites for hydroxylation is 1. The maximum atomic E-state index is 10.8. The molecule has 0 saturated heterocycles. The Bertz CT molecular complexity index is 868. The van der Waals surface area contributed by atoms with Gasteiger partial charge < -0.3 is 23.6 Å². The Morgan fingerprint density at radius 3 is 2.75 bits per heavy atom. The lowest BCUT2D eigenvalue weighted by atomic mass is 10.1. The molecule has 0 unspecified atom stereocenters. The molecule has 6 nitrogen and oxygen atoms in total. The molecule has 3 aromatic rings. The number of ether oxygens (including phenoxy) is 1. The number of carbonyl (C=O) groups is 1. The SMILES string of the molecule is Cc1cc(COc2ccc(Cl)cc2Cc2ccc(C(=O)[O-])o2)on1. The first-order valence-electron chi connectivity index (χ1n) is 7.15. The minimum Gasteiger partial charge on any atom is -0.542 e. The molecule has 2 aromatic heterocycles. The first-order chi connectivity index (χ1) is 11.5. The van der Waals surface area contributed by atoms with Crippen molar-refractivity contribution in [3.63, 3.8) is 0 Å². The van der Waals surface area contributed by atoms with Crippen molar-refractivity contribution in [2.45, 2.75) is 20.0 Å². The average molecular weight is 347 g/mol. The first-order valence-corrected chi connectivity index (χ1v) is 7.52. The Kier molecular flexibility index (Phi) is 4.57. The fourth-order valence-corrected chi connectivity index (χ4v) is 2.43. The fraction of sp³-hybridized carbons (Fsp3) is 0.176. The maximum Gasteiger partial charge on any atom is 0.174 e. The summed E-state index contributed by atoms with van der Waals surface area (Å²) in [6, 6.07) is 9.91. The predicted octanol–water partition coefficient (Wildman–Crippen LogP) is 2.76. The molecule has 0 atom stereocenters. The van der Waals surface area contributed by atoms with Crippen LogP contribution in [0.15, 0.2) is 45.3 Å². The number of carboxylic acids is 1. The van der Waals surface area contributed by atoms with Crippen LogP contribution in [0.4, 0.5) is 0 Å². The largest absolute Gasteiger partial charge is 0.542 e. The van der Waals surface area contributed by atoms with E-state index in [4.69, 9.17) is 25.3 Å². The number of benzene rings is 1. The summed E-state index contributed by atoms with van der Waals surface area (Å²) < 4.78 is 16.1. The van der Waals surface area contributed by atoms with E-state index in [9.17, 15) is 9.90 Å². The zero-order valence-corrected chi connectivity index (χ0v) is 13.5. The van der Waals surface area contributed by atoms with Crippen LogP contribution in [0.5, 0.6) is 5.75 Å². The third-order valence-corrected chi connectivity index (χ3v) is 3.53. The van der Waals surface area contributed by atoms with E-state index in [1.54, 1.807) is 30.3 Å². The molecular formula is C17H13ClNO5-. The number of carboxylic acid groups (broad SMARTS) is 1. The highest BCUT2D eigenvalue weighted by molar-refractivity contribution is 6.30. The maximum absolute atomic E-state index is 10.8. The van der Waals surface area contributed by atoms with E-state index in [1.807, 2.05) is 6.92 Å². The molecular weight excluding hydrogens is 334 g/mol. The van der Waals surface area contributed by atoms with Gasteiger partial charge in [0.1, 0.15) is 29.8 Å². The van der Waals surface area contributed by atoms with E-state index >= 15 is 0 Å². The van der Waals surface area contributed by atoms with Gasteiger partial charge in [0.15, 0.2) is 5.76 Å². The third-order valence-electron chi connectivity index (χ3n) is 3.30. The summed E-state index contributed by atoms with van der Waals surface area (Å²) in [5.41, 5.74) is 1.54. The van der Waals surface area contributed by atoms with Crippen molar-refractivity contribution in [1.82, 2.24) is 5.16 Å². The number of nitrogens with zero attached hydrogens (tertiary/aromatic N) is 1. The molecule has 0 amide bonds. The van der Waals surface area contributed by atoms with E-state index in [0.717, 1.165) is 11.3 Å². The highest BCUT2D eigenvalue weighted by Gasteiger charge is 2.11. The van der Waals surface area contributed by atoms with Gasteiger partial charge in [0.25, 0.3) is 0 Å². The van der Waals surface area contributed by atoms with Gasteiger partial charge in [0.05, 0.1) is 5.69 Å². The molecule has 0 aliphatic carbocycles. The van der Waals surface area contributed by atoms with Gasteiger partial charge in [-0.15, -0.1) is 0 Å². The standard InChI is InChI=1S/C17H14ClNO5/c1-10-6-14(24-19-10)9-22-15-4-2-12(18)7-11(15)8-13-3-5-16(23-13)17(20)21/h2-7H,8-9H2,1H3,(H,20,21)/p-1. The van der Waals surface area contributed by atoms with Crippen LogP contribution < -0.4 is 9.84 Å². The number of rotatable bonds is 6. The summed E-state index contributed by atoms with van der Waals surface area (Å²) >= 11 is 6.04. The number of furan rings is 1. The normalized spacial score (nSPS) is 10.8. The van der Waals surface area contributed by atoms with E-state index < -0.39 is 5.97 Å².